The number of amides is 1. The molecular formula is C13H14N2O2. The van der Waals surface area contributed by atoms with Crippen molar-refractivity contribution in [3.63, 3.8) is 0 Å². The van der Waals surface area contributed by atoms with Gasteiger partial charge in [-0.15, -0.1) is 0 Å². The number of nitrogens with zero attached hydrogens (tertiary/aromatic N) is 2. The van der Waals surface area contributed by atoms with Crippen LogP contribution >= 0.6 is 0 Å². The number of hydrogen-bond donors (Lipinski definition) is 1. The molecule has 1 atom stereocenters. The number of carbonyl (C=O) groups is 1. The maximum atomic E-state index is 11.8. The zero-order valence-corrected chi connectivity index (χ0v) is 9.68. The van der Waals surface area contributed by atoms with Crippen molar-refractivity contribution >= 4 is 11.6 Å². The molecule has 1 N–H and O–H groups in total. The molecule has 4 nitrogen and oxygen atoms in total. The first-order valence-electron chi connectivity index (χ1n) is 5.82. The SMILES string of the molecule is Cc1ccc2c(c1)CN1C(=O)CCC1/C2=N\O. The molecular weight excluding hydrogens is 216 g/mol. The molecule has 0 spiro atoms. The Bertz CT molecular complexity index is 522. The topological polar surface area (TPSA) is 52.9 Å². The lowest BCUT2D eigenvalue weighted by molar-refractivity contribution is -0.128. The van der Waals surface area contributed by atoms with Gasteiger partial charge in [-0.1, -0.05) is 28.9 Å². The molecule has 2 aliphatic rings. The third kappa shape index (κ3) is 1.44. The Labute approximate surface area is 99.5 Å². The van der Waals surface area contributed by atoms with Crippen molar-refractivity contribution in [3.05, 3.63) is 34.9 Å². The number of hydrogen-bond acceptors (Lipinski definition) is 3. The summed E-state index contributed by atoms with van der Waals surface area (Å²) in [4.78, 5) is 13.6. The second kappa shape index (κ2) is 3.58. The molecule has 1 saturated heterocycles. The third-order valence-electron chi connectivity index (χ3n) is 3.63. The van der Waals surface area contributed by atoms with Gasteiger partial charge in [0.05, 0.1) is 6.04 Å². The first kappa shape index (κ1) is 10.3. The van der Waals surface area contributed by atoms with Gasteiger partial charge in [0.1, 0.15) is 5.71 Å². The van der Waals surface area contributed by atoms with E-state index in [1.165, 1.54) is 0 Å². The monoisotopic (exact) mass is 230 g/mol. The molecule has 0 saturated carbocycles. The summed E-state index contributed by atoms with van der Waals surface area (Å²) in [5, 5.41) is 12.6. The molecule has 2 aliphatic heterocycles. The van der Waals surface area contributed by atoms with Crippen LogP contribution in [0.5, 0.6) is 0 Å². The van der Waals surface area contributed by atoms with Crippen LogP contribution in [-0.4, -0.2) is 27.8 Å². The molecule has 0 bridgehead atoms. The van der Waals surface area contributed by atoms with Crippen molar-refractivity contribution in [2.75, 3.05) is 0 Å². The van der Waals surface area contributed by atoms with Gasteiger partial charge in [0.15, 0.2) is 0 Å². The zero-order valence-electron chi connectivity index (χ0n) is 9.68. The molecule has 2 heterocycles. The number of benzene rings is 1. The molecule has 0 aromatic heterocycles. The van der Waals surface area contributed by atoms with Crippen LogP contribution in [0.25, 0.3) is 0 Å². The van der Waals surface area contributed by atoms with Gasteiger partial charge in [-0.05, 0) is 18.9 Å². The number of rotatable bonds is 0. The lowest BCUT2D eigenvalue weighted by Crippen LogP contribution is -2.43. The van der Waals surface area contributed by atoms with E-state index in [1.807, 2.05) is 24.0 Å². The maximum absolute atomic E-state index is 11.8. The molecule has 17 heavy (non-hydrogen) atoms. The Balaban J connectivity index is 2.14. The van der Waals surface area contributed by atoms with Crippen LogP contribution in [0.4, 0.5) is 0 Å². The highest BCUT2D eigenvalue weighted by molar-refractivity contribution is 6.09. The van der Waals surface area contributed by atoms with E-state index in [0.717, 1.165) is 23.1 Å². The summed E-state index contributed by atoms with van der Waals surface area (Å²) in [7, 11) is 0. The number of oxime groups is 1. The lowest BCUT2D eigenvalue weighted by atomic mass is 9.91. The summed E-state index contributed by atoms with van der Waals surface area (Å²) in [6.07, 6.45) is 1.31. The van der Waals surface area contributed by atoms with Gasteiger partial charge in [-0.2, -0.15) is 0 Å². The Kier molecular flexibility index (Phi) is 2.18. The van der Waals surface area contributed by atoms with Crippen molar-refractivity contribution in [2.24, 2.45) is 5.16 Å². The molecule has 1 aromatic carbocycles. The summed E-state index contributed by atoms with van der Waals surface area (Å²) in [5.41, 5.74) is 3.85. The first-order valence-corrected chi connectivity index (χ1v) is 5.82. The Morgan fingerprint density at radius 3 is 3.06 bits per heavy atom. The van der Waals surface area contributed by atoms with Crippen LogP contribution in [0.3, 0.4) is 0 Å². The molecule has 0 aliphatic carbocycles. The molecule has 3 rings (SSSR count). The minimum absolute atomic E-state index is 0.0392. The molecule has 88 valence electrons. The average molecular weight is 230 g/mol. The molecule has 4 heteroatoms. The first-order chi connectivity index (χ1) is 8.20. The van der Waals surface area contributed by atoms with Crippen LogP contribution in [-0.2, 0) is 11.3 Å². The minimum Gasteiger partial charge on any atom is -0.411 e. The van der Waals surface area contributed by atoms with Crippen LogP contribution in [0.15, 0.2) is 23.4 Å². The van der Waals surface area contributed by atoms with Crippen molar-refractivity contribution in [1.82, 2.24) is 4.90 Å². The van der Waals surface area contributed by atoms with Crippen LogP contribution in [0.1, 0.15) is 29.5 Å². The quantitative estimate of drug-likeness (QED) is 0.544. The minimum atomic E-state index is -0.0392. The summed E-state index contributed by atoms with van der Waals surface area (Å²) in [6, 6.07) is 6.02. The van der Waals surface area contributed by atoms with Gasteiger partial charge in [0.25, 0.3) is 0 Å². The van der Waals surface area contributed by atoms with Gasteiger partial charge >= 0.3 is 0 Å². The summed E-state index contributed by atoms with van der Waals surface area (Å²) in [5.74, 6) is 0.156. The van der Waals surface area contributed by atoms with Gasteiger partial charge in [-0.25, -0.2) is 0 Å². The van der Waals surface area contributed by atoms with E-state index in [9.17, 15) is 10.0 Å². The van der Waals surface area contributed by atoms with Gasteiger partial charge in [0.2, 0.25) is 5.91 Å². The zero-order chi connectivity index (χ0) is 12.0. The van der Waals surface area contributed by atoms with Crippen molar-refractivity contribution in [2.45, 2.75) is 32.4 Å². The van der Waals surface area contributed by atoms with E-state index in [-0.39, 0.29) is 11.9 Å². The lowest BCUT2D eigenvalue weighted by Gasteiger charge is -2.32. The predicted molar refractivity (Wildman–Crippen MR) is 63.1 cm³/mol. The van der Waals surface area contributed by atoms with E-state index < -0.39 is 0 Å². The van der Waals surface area contributed by atoms with E-state index in [0.29, 0.717) is 18.7 Å². The number of aryl methyl sites for hydroxylation is 1. The van der Waals surface area contributed by atoms with Crippen LogP contribution < -0.4 is 0 Å². The Hall–Kier alpha value is -1.84. The van der Waals surface area contributed by atoms with Crippen molar-refractivity contribution in [1.29, 1.82) is 0 Å². The standard InChI is InChI=1S/C13H14N2O2/c1-8-2-3-10-9(6-8)7-15-11(13(10)14-17)4-5-12(15)16/h2-3,6,11,17H,4-5,7H2,1H3/b14-13-. The summed E-state index contributed by atoms with van der Waals surface area (Å²) in [6.45, 7) is 2.66. The van der Waals surface area contributed by atoms with Gasteiger partial charge < -0.3 is 10.1 Å². The average Bonchev–Trinajstić information content (AvgIpc) is 2.68. The third-order valence-corrected chi connectivity index (χ3v) is 3.63. The van der Waals surface area contributed by atoms with Crippen molar-refractivity contribution < 1.29 is 10.0 Å². The van der Waals surface area contributed by atoms with E-state index in [1.54, 1.807) is 0 Å². The van der Waals surface area contributed by atoms with Gasteiger partial charge in [0, 0.05) is 18.5 Å². The van der Waals surface area contributed by atoms with Crippen LogP contribution in [0, 0.1) is 6.92 Å². The second-order valence-corrected chi connectivity index (χ2v) is 4.72. The van der Waals surface area contributed by atoms with E-state index >= 15 is 0 Å². The Morgan fingerprint density at radius 1 is 1.47 bits per heavy atom. The summed E-state index contributed by atoms with van der Waals surface area (Å²) >= 11 is 0. The molecule has 1 unspecified atom stereocenters. The smallest absolute Gasteiger partial charge is 0.223 e. The number of fused-ring (bicyclic) bond motifs is 2. The number of carbonyl (C=O) groups excluding carboxylic acids is 1. The predicted octanol–water partition coefficient (Wildman–Crippen LogP) is 1.68. The Morgan fingerprint density at radius 2 is 2.29 bits per heavy atom. The molecule has 1 fully saturated rings. The van der Waals surface area contributed by atoms with Crippen LogP contribution in [0.2, 0.25) is 0 Å². The fourth-order valence-corrected chi connectivity index (χ4v) is 2.80. The highest BCUT2D eigenvalue weighted by atomic mass is 16.4. The maximum Gasteiger partial charge on any atom is 0.223 e. The molecule has 1 amide bonds. The fourth-order valence-electron chi connectivity index (χ4n) is 2.80. The van der Waals surface area contributed by atoms with Gasteiger partial charge in [-0.3, -0.25) is 4.79 Å². The highest BCUT2D eigenvalue weighted by Gasteiger charge is 2.39. The highest BCUT2D eigenvalue weighted by Crippen LogP contribution is 2.31. The second-order valence-electron chi connectivity index (χ2n) is 4.72. The van der Waals surface area contributed by atoms with E-state index in [4.69, 9.17) is 0 Å². The van der Waals surface area contributed by atoms with E-state index in [2.05, 4.69) is 11.2 Å². The summed E-state index contributed by atoms with van der Waals surface area (Å²) < 4.78 is 0. The largest absolute Gasteiger partial charge is 0.411 e. The van der Waals surface area contributed by atoms with Crippen molar-refractivity contribution in [3.8, 4) is 0 Å². The molecule has 0 radical (unpaired) electrons. The molecule has 1 aromatic rings. The normalized spacial score (nSPS) is 25.0. The fraction of sp³-hybridized carbons (Fsp3) is 0.385.